The highest BCUT2D eigenvalue weighted by atomic mass is 16.5. The molecule has 136 valence electrons. The van der Waals surface area contributed by atoms with Gasteiger partial charge < -0.3 is 9.64 Å². The smallest absolute Gasteiger partial charge is 0.248 e. The molecule has 1 aromatic rings. The van der Waals surface area contributed by atoms with Crippen LogP contribution < -0.4 is 0 Å². The highest BCUT2D eigenvalue weighted by molar-refractivity contribution is 5.78. The van der Waals surface area contributed by atoms with Crippen LogP contribution in [0, 0.1) is 11.3 Å². The SMILES string of the molecule is C[C@@]12CN(Cc3ccccc3)C[C@@H]1CN(C(=O)COC1CCCC1)C2. The molecule has 0 aromatic heterocycles. The Morgan fingerprint density at radius 3 is 2.64 bits per heavy atom. The molecule has 0 N–H and O–H groups in total. The van der Waals surface area contributed by atoms with Crippen LogP contribution in [-0.4, -0.2) is 54.6 Å². The van der Waals surface area contributed by atoms with Gasteiger partial charge in [0, 0.05) is 38.1 Å². The van der Waals surface area contributed by atoms with Crippen LogP contribution in [0.5, 0.6) is 0 Å². The van der Waals surface area contributed by atoms with Crippen molar-refractivity contribution in [3.63, 3.8) is 0 Å². The van der Waals surface area contributed by atoms with E-state index in [1.54, 1.807) is 0 Å². The molecule has 1 amide bonds. The summed E-state index contributed by atoms with van der Waals surface area (Å²) in [5, 5.41) is 0. The van der Waals surface area contributed by atoms with Gasteiger partial charge in [-0.25, -0.2) is 0 Å². The first-order valence-corrected chi connectivity index (χ1v) is 9.78. The molecule has 4 heteroatoms. The van der Waals surface area contributed by atoms with Crippen LogP contribution in [0.2, 0.25) is 0 Å². The predicted octanol–water partition coefficient (Wildman–Crippen LogP) is 2.93. The van der Waals surface area contributed by atoms with Crippen molar-refractivity contribution < 1.29 is 9.53 Å². The molecule has 1 aliphatic carbocycles. The first-order valence-electron chi connectivity index (χ1n) is 9.78. The molecule has 4 rings (SSSR count). The number of nitrogens with zero attached hydrogens (tertiary/aromatic N) is 2. The Hall–Kier alpha value is -1.39. The van der Waals surface area contributed by atoms with Gasteiger partial charge in [0.05, 0.1) is 6.10 Å². The summed E-state index contributed by atoms with van der Waals surface area (Å²) in [5.41, 5.74) is 1.61. The van der Waals surface area contributed by atoms with Gasteiger partial charge in [-0.05, 0) is 24.3 Å². The highest BCUT2D eigenvalue weighted by Gasteiger charge is 2.50. The molecule has 1 aromatic carbocycles. The van der Waals surface area contributed by atoms with E-state index in [1.807, 2.05) is 0 Å². The van der Waals surface area contributed by atoms with Gasteiger partial charge in [0.1, 0.15) is 6.61 Å². The van der Waals surface area contributed by atoms with Gasteiger partial charge in [-0.3, -0.25) is 9.69 Å². The average Bonchev–Trinajstić information content (AvgIpc) is 3.28. The van der Waals surface area contributed by atoms with E-state index in [-0.39, 0.29) is 17.9 Å². The first kappa shape index (κ1) is 17.0. The number of hydrogen-bond acceptors (Lipinski definition) is 3. The molecule has 2 heterocycles. The van der Waals surface area contributed by atoms with Gasteiger partial charge in [0.15, 0.2) is 0 Å². The fourth-order valence-corrected chi connectivity index (χ4v) is 4.95. The molecule has 0 bridgehead atoms. The number of rotatable bonds is 5. The van der Waals surface area contributed by atoms with Crippen molar-refractivity contribution in [1.82, 2.24) is 9.80 Å². The van der Waals surface area contributed by atoms with E-state index in [1.165, 1.54) is 18.4 Å². The topological polar surface area (TPSA) is 32.8 Å². The summed E-state index contributed by atoms with van der Waals surface area (Å²) in [6, 6.07) is 10.7. The van der Waals surface area contributed by atoms with Crippen molar-refractivity contribution in [2.45, 2.75) is 45.3 Å². The Kier molecular flexibility index (Phi) is 4.83. The molecule has 0 unspecified atom stereocenters. The monoisotopic (exact) mass is 342 g/mol. The molecule has 3 aliphatic rings. The van der Waals surface area contributed by atoms with E-state index < -0.39 is 0 Å². The molecule has 25 heavy (non-hydrogen) atoms. The molecule has 4 nitrogen and oxygen atoms in total. The fraction of sp³-hybridized carbons (Fsp3) is 0.667. The Labute approximate surface area is 151 Å². The van der Waals surface area contributed by atoms with E-state index in [4.69, 9.17) is 4.74 Å². The lowest BCUT2D eigenvalue weighted by Gasteiger charge is -2.26. The Bertz CT molecular complexity index is 599. The number of ether oxygens (including phenoxy) is 1. The lowest BCUT2D eigenvalue weighted by Crippen LogP contribution is -2.37. The zero-order chi connectivity index (χ0) is 17.3. The minimum absolute atomic E-state index is 0.192. The van der Waals surface area contributed by atoms with Gasteiger partial charge in [-0.1, -0.05) is 50.1 Å². The van der Waals surface area contributed by atoms with Crippen LogP contribution in [0.1, 0.15) is 38.2 Å². The van der Waals surface area contributed by atoms with Crippen molar-refractivity contribution >= 4 is 5.91 Å². The first-order chi connectivity index (χ1) is 12.1. The minimum atomic E-state index is 0.192. The van der Waals surface area contributed by atoms with E-state index in [0.717, 1.165) is 45.6 Å². The number of likely N-dealkylation sites (tertiary alicyclic amines) is 2. The third-order valence-corrected chi connectivity index (χ3v) is 6.39. The van der Waals surface area contributed by atoms with Crippen LogP contribution in [0.25, 0.3) is 0 Å². The van der Waals surface area contributed by atoms with Crippen LogP contribution in [-0.2, 0) is 16.1 Å². The molecular weight excluding hydrogens is 312 g/mol. The maximum Gasteiger partial charge on any atom is 0.248 e. The van der Waals surface area contributed by atoms with Crippen LogP contribution in [0.15, 0.2) is 30.3 Å². The second-order valence-corrected chi connectivity index (χ2v) is 8.50. The normalized spacial score (nSPS) is 30.1. The van der Waals surface area contributed by atoms with Crippen molar-refractivity contribution in [2.24, 2.45) is 11.3 Å². The molecule has 3 fully saturated rings. The third kappa shape index (κ3) is 3.75. The van der Waals surface area contributed by atoms with Gasteiger partial charge in [0.2, 0.25) is 5.91 Å². The molecule has 0 spiro atoms. The standard InChI is InChI=1S/C21H30N2O2/c1-21-15-22(11-17-7-3-2-4-8-17)12-18(21)13-23(16-21)20(24)14-25-19-9-5-6-10-19/h2-4,7-8,18-19H,5-6,9-16H2,1H3/t18-,21+/m1/s1. The summed E-state index contributed by atoms with van der Waals surface area (Å²) >= 11 is 0. The number of fused-ring (bicyclic) bond motifs is 1. The summed E-state index contributed by atoms with van der Waals surface area (Å²) < 4.78 is 5.83. The second kappa shape index (κ2) is 7.08. The number of hydrogen-bond donors (Lipinski definition) is 0. The van der Waals surface area contributed by atoms with Gasteiger partial charge in [-0.2, -0.15) is 0 Å². The zero-order valence-corrected chi connectivity index (χ0v) is 15.3. The highest BCUT2D eigenvalue weighted by Crippen LogP contribution is 2.42. The minimum Gasteiger partial charge on any atom is -0.368 e. The Balaban J connectivity index is 1.28. The third-order valence-electron chi connectivity index (χ3n) is 6.39. The fourth-order valence-electron chi connectivity index (χ4n) is 4.95. The van der Waals surface area contributed by atoms with Gasteiger partial charge in [0.25, 0.3) is 0 Å². The lowest BCUT2D eigenvalue weighted by molar-refractivity contribution is -0.137. The molecule has 0 radical (unpaired) electrons. The number of carbonyl (C=O) groups excluding carboxylic acids is 1. The average molecular weight is 342 g/mol. The summed E-state index contributed by atoms with van der Waals surface area (Å²) in [5.74, 6) is 0.781. The van der Waals surface area contributed by atoms with E-state index in [9.17, 15) is 4.79 Å². The summed E-state index contributed by atoms with van der Waals surface area (Å²) in [4.78, 5) is 17.1. The summed E-state index contributed by atoms with van der Waals surface area (Å²) in [6.07, 6.45) is 5.08. The molecular formula is C21H30N2O2. The summed E-state index contributed by atoms with van der Waals surface area (Å²) in [6.45, 7) is 7.61. The molecule has 2 atom stereocenters. The van der Waals surface area contributed by atoms with E-state index in [2.05, 4.69) is 47.1 Å². The Morgan fingerprint density at radius 2 is 1.92 bits per heavy atom. The van der Waals surface area contributed by atoms with E-state index in [0.29, 0.717) is 12.0 Å². The van der Waals surface area contributed by atoms with Crippen LogP contribution in [0.4, 0.5) is 0 Å². The maximum absolute atomic E-state index is 12.5. The van der Waals surface area contributed by atoms with Crippen molar-refractivity contribution in [3.05, 3.63) is 35.9 Å². The van der Waals surface area contributed by atoms with E-state index >= 15 is 0 Å². The predicted molar refractivity (Wildman–Crippen MR) is 98.1 cm³/mol. The van der Waals surface area contributed by atoms with Gasteiger partial charge in [-0.15, -0.1) is 0 Å². The van der Waals surface area contributed by atoms with Gasteiger partial charge >= 0.3 is 0 Å². The Morgan fingerprint density at radius 1 is 1.16 bits per heavy atom. The lowest BCUT2D eigenvalue weighted by atomic mass is 9.83. The number of carbonyl (C=O) groups is 1. The van der Waals surface area contributed by atoms with Crippen molar-refractivity contribution in [1.29, 1.82) is 0 Å². The number of benzene rings is 1. The second-order valence-electron chi connectivity index (χ2n) is 8.50. The molecule has 2 saturated heterocycles. The largest absolute Gasteiger partial charge is 0.368 e. The summed E-state index contributed by atoms with van der Waals surface area (Å²) in [7, 11) is 0. The van der Waals surface area contributed by atoms with Crippen molar-refractivity contribution in [3.8, 4) is 0 Å². The van der Waals surface area contributed by atoms with Crippen LogP contribution >= 0.6 is 0 Å². The van der Waals surface area contributed by atoms with Crippen LogP contribution in [0.3, 0.4) is 0 Å². The van der Waals surface area contributed by atoms with Crippen molar-refractivity contribution in [2.75, 3.05) is 32.8 Å². The zero-order valence-electron chi connectivity index (χ0n) is 15.3. The molecule has 1 saturated carbocycles. The maximum atomic E-state index is 12.5. The number of amides is 1. The quantitative estimate of drug-likeness (QED) is 0.825. The molecule has 2 aliphatic heterocycles.